The van der Waals surface area contributed by atoms with Crippen LogP contribution in [0.5, 0.6) is 5.75 Å². The van der Waals surface area contributed by atoms with Crippen LogP contribution in [0, 0.1) is 0 Å². The monoisotopic (exact) mass is 239 g/mol. The highest BCUT2D eigenvalue weighted by atomic mass is 16.5. The molecule has 0 radical (unpaired) electrons. The van der Waals surface area contributed by atoms with Gasteiger partial charge in [0.25, 0.3) is 0 Å². The molecular formula is C13H21NO3. The first-order valence-electron chi connectivity index (χ1n) is 5.97. The predicted molar refractivity (Wildman–Crippen MR) is 67.0 cm³/mol. The molecule has 0 saturated heterocycles. The lowest BCUT2D eigenvalue weighted by Gasteiger charge is -2.15. The first-order chi connectivity index (χ1) is 8.30. The molecule has 0 heterocycles. The largest absolute Gasteiger partial charge is 0.494 e. The summed E-state index contributed by atoms with van der Waals surface area (Å²) >= 11 is 0. The molecule has 1 rings (SSSR count). The van der Waals surface area contributed by atoms with Gasteiger partial charge in [-0.25, -0.2) is 0 Å². The second-order valence-corrected chi connectivity index (χ2v) is 3.88. The van der Waals surface area contributed by atoms with Crippen molar-refractivity contribution in [3.63, 3.8) is 0 Å². The minimum Gasteiger partial charge on any atom is -0.494 e. The van der Waals surface area contributed by atoms with E-state index in [-0.39, 0.29) is 19.3 Å². The molecule has 1 aromatic rings. The summed E-state index contributed by atoms with van der Waals surface area (Å²) in [5.41, 5.74) is 0.873. The third-order valence-corrected chi connectivity index (χ3v) is 2.55. The number of rotatable bonds is 8. The lowest BCUT2D eigenvalue weighted by Crippen LogP contribution is -2.33. The van der Waals surface area contributed by atoms with Crippen LogP contribution in [0.4, 0.5) is 0 Å². The predicted octanol–water partition coefficient (Wildman–Crippen LogP) is 0.918. The lowest BCUT2D eigenvalue weighted by molar-refractivity contribution is 0.210. The summed E-state index contributed by atoms with van der Waals surface area (Å²) in [5.74, 6) is 0.787. The van der Waals surface area contributed by atoms with Gasteiger partial charge in [-0.15, -0.1) is 0 Å². The molecule has 3 N–H and O–H groups in total. The first kappa shape index (κ1) is 14.0. The van der Waals surface area contributed by atoms with Gasteiger partial charge in [0.2, 0.25) is 0 Å². The SMILES string of the molecule is CCNC(CO)CCOc1ccc(CO)cc1. The van der Waals surface area contributed by atoms with Gasteiger partial charge in [0.1, 0.15) is 5.75 Å². The number of ether oxygens (including phenoxy) is 1. The summed E-state index contributed by atoms with van der Waals surface area (Å²) in [6, 6.07) is 7.45. The molecule has 1 aromatic carbocycles. The van der Waals surface area contributed by atoms with Crippen molar-refractivity contribution in [1.82, 2.24) is 5.32 Å². The van der Waals surface area contributed by atoms with E-state index >= 15 is 0 Å². The van der Waals surface area contributed by atoms with Crippen LogP contribution in [-0.4, -0.2) is 36.0 Å². The fourth-order valence-electron chi connectivity index (χ4n) is 1.56. The Kier molecular flexibility index (Phi) is 6.62. The molecule has 1 atom stereocenters. The molecule has 0 aromatic heterocycles. The Balaban J connectivity index is 2.29. The molecule has 4 heteroatoms. The average molecular weight is 239 g/mol. The van der Waals surface area contributed by atoms with Crippen LogP contribution in [0.25, 0.3) is 0 Å². The number of benzene rings is 1. The lowest BCUT2D eigenvalue weighted by atomic mass is 10.2. The van der Waals surface area contributed by atoms with Gasteiger partial charge in [0.15, 0.2) is 0 Å². The maximum Gasteiger partial charge on any atom is 0.119 e. The van der Waals surface area contributed by atoms with Gasteiger partial charge in [0.05, 0.1) is 19.8 Å². The summed E-state index contributed by atoms with van der Waals surface area (Å²) in [6.45, 7) is 3.60. The maximum atomic E-state index is 9.08. The van der Waals surface area contributed by atoms with Gasteiger partial charge >= 0.3 is 0 Å². The molecule has 0 spiro atoms. The van der Waals surface area contributed by atoms with Crippen molar-refractivity contribution in [1.29, 1.82) is 0 Å². The van der Waals surface area contributed by atoms with Gasteiger partial charge in [0, 0.05) is 6.04 Å². The van der Waals surface area contributed by atoms with Crippen molar-refractivity contribution in [3.8, 4) is 5.75 Å². The Morgan fingerprint density at radius 2 is 1.94 bits per heavy atom. The molecule has 0 aliphatic rings. The second-order valence-electron chi connectivity index (χ2n) is 3.88. The Morgan fingerprint density at radius 3 is 2.47 bits per heavy atom. The first-order valence-corrected chi connectivity index (χ1v) is 5.97. The Morgan fingerprint density at radius 1 is 1.24 bits per heavy atom. The topological polar surface area (TPSA) is 61.7 Å². The van der Waals surface area contributed by atoms with Gasteiger partial charge in [-0.2, -0.15) is 0 Å². The highest BCUT2D eigenvalue weighted by molar-refractivity contribution is 5.26. The smallest absolute Gasteiger partial charge is 0.119 e. The zero-order valence-electron chi connectivity index (χ0n) is 10.2. The summed E-state index contributed by atoms with van der Waals surface area (Å²) in [4.78, 5) is 0. The number of hydrogen-bond acceptors (Lipinski definition) is 4. The van der Waals surface area contributed by atoms with Gasteiger partial charge < -0.3 is 20.3 Å². The van der Waals surface area contributed by atoms with Gasteiger partial charge in [-0.3, -0.25) is 0 Å². The van der Waals surface area contributed by atoms with Crippen molar-refractivity contribution in [2.75, 3.05) is 19.8 Å². The van der Waals surface area contributed by atoms with E-state index in [9.17, 15) is 0 Å². The van der Waals surface area contributed by atoms with E-state index < -0.39 is 0 Å². The summed E-state index contributed by atoms with van der Waals surface area (Å²) in [5, 5.41) is 21.1. The van der Waals surface area contributed by atoms with Crippen molar-refractivity contribution in [2.24, 2.45) is 0 Å². The number of aliphatic hydroxyl groups excluding tert-OH is 2. The highest BCUT2D eigenvalue weighted by Crippen LogP contribution is 2.12. The Labute approximate surface area is 102 Å². The van der Waals surface area contributed by atoms with E-state index in [1.807, 2.05) is 31.2 Å². The minimum atomic E-state index is 0.0489. The summed E-state index contributed by atoms with van der Waals surface area (Å²) in [6.07, 6.45) is 0.770. The van der Waals surface area contributed by atoms with E-state index in [0.717, 1.165) is 24.3 Å². The van der Waals surface area contributed by atoms with E-state index in [2.05, 4.69) is 5.32 Å². The Bertz CT molecular complexity index is 300. The van der Waals surface area contributed by atoms with Crippen LogP contribution in [0.15, 0.2) is 24.3 Å². The van der Waals surface area contributed by atoms with Crippen molar-refractivity contribution < 1.29 is 14.9 Å². The fourth-order valence-corrected chi connectivity index (χ4v) is 1.56. The van der Waals surface area contributed by atoms with E-state index in [4.69, 9.17) is 14.9 Å². The number of likely N-dealkylation sites (N-methyl/N-ethyl adjacent to an activating group) is 1. The highest BCUT2D eigenvalue weighted by Gasteiger charge is 2.05. The van der Waals surface area contributed by atoms with E-state index in [0.29, 0.717) is 6.61 Å². The van der Waals surface area contributed by atoms with E-state index in [1.165, 1.54) is 0 Å². The van der Waals surface area contributed by atoms with Crippen molar-refractivity contribution in [3.05, 3.63) is 29.8 Å². The maximum absolute atomic E-state index is 9.08. The third kappa shape index (κ3) is 5.17. The number of nitrogens with one attached hydrogen (secondary N) is 1. The molecule has 0 amide bonds. The molecule has 17 heavy (non-hydrogen) atoms. The molecule has 1 unspecified atom stereocenters. The third-order valence-electron chi connectivity index (χ3n) is 2.55. The number of aliphatic hydroxyl groups is 2. The Hall–Kier alpha value is -1.10. The standard InChI is InChI=1S/C13H21NO3/c1-2-14-12(10-16)7-8-17-13-5-3-11(9-15)4-6-13/h3-6,12,14-16H,2,7-10H2,1H3. The van der Waals surface area contributed by atoms with Gasteiger partial charge in [-0.05, 0) is 30.7 Å². The van der Waals surface area contributed by atoms with Crippen LogP contribution in [0.1, 0.15) is 18.9 Å². The summed E-state index contributed by atoms with van der Waals surface area (Å²) < 4.78 is 5.55. The quantitative estimate of drug-likeness (QED) is 0.631. The fraction of sp³-hybridized carbons (Fsp3) is 0.538. The average Bonchev–Trinajstić information content (AvgIpc) is 2.38. The molecule has 0 bridgehead atoms. The van der Waals surface area contributed by atoms with E-state index in [1.54, 1.807) is 0 Å². The zero-order chi connectivity index (χ0) is 12.5. The molecule has 0 aliphatic carbocycles. The molecule has 0 aliphatic heterocycles. The van der Waals surface area contributed by atoms with Crippen LogP contribution < -0.4 is 10.1 Å². The van der Waals surface area contributed by atoms with Crippen LogP contribution in [-0.2, 0) is 6.61 Å². The van der Waals surface area contributed by atoms with Crippen LogP contribution in [0.2, 0.25) is 0 Å². The molecular weight excluding hydrogens is 218 g/mol. The van der Waals surface area contributed by atoms with Gasteiger partial charge in [-0.1, -0.05) is 19.1 Å². The number of hydrogen-bond donors (Lipinski definition) is 3. The molecule has 0 fully saturated rings. The zero-order valence-corrected chi connectivity index (χ0v) is 10.2. The van der Waals surface area contributed by atoms with Crippen LogP contribution in [0.3, 0.4) is 0 Å². The molecule has 0 saturated carbocycles. The van der Waals surface area contributed by atoms with Crippen LogP contribution >= 0.6 is 0 Å². The van der Waals surface area contributed by atoms with Crippen molar-refractivity contribution in [2.45, 2.75) is 26.0 Å². The summed E-state index contributed by atoms with van der Waals surface area (Å²) in [7, 11) is 0. The minimum absolute atomic E-state index is 0.0489. The molecule has 4 nitrogen and oxygen atoms in total. The normalized spacial score (nSPS) is 12.4. The van der Waals surface area contributed by atoms with Crippen molar-refractivity contribution >= 4 is 0 Å². The molecule has 96 valence electrons. The second kappa shape index (κ2) is 8.06.